The molecule has 0 saturated carbocycles. The average molecular weight is 426 g/mol. The zero-order valence-electron chi connectivity index (χ0n) is 15.7. The highest BCUT2D eigenvalue weighted by Gasteiger charge is 2.45. The molecule has 0 bridgehead atoms. The van der Waals surface area contributed by atoms with Crippen LogP contribution in [0.25, 0.3) is 0 Å². The largest absolute Gasteiger partial charge is 0.295 e. The van der Waals surface area contributed by atoms with E-state index in [0.717, 1.165) is 21.6 Å². The molecule has 1 aromatic heterocycles. The summed E-state index contributed by atoms with van der Waals surface area (Å²) >= 11 is 5.72. The van der Waals surface area contributed by atoms with Crippen molar-refractivity contribution in [1.29, 1.82) is 0 Å². The average Bonchev–Trinajstić information content (AvgIpc) is 3.21. The molecule has 1 aromatic carbocycles. The van der Waals surface area contributed by atoms with Crippen LogP contribution in [0.2, 0.25) is 5.28 Å². The molecule has 1 N–H and O–H groups in total. The van der Waals surface area contributed by atoms with Crippen LogP contribution in [-0.4, -0.2) is 49.4 Å². The molecule has 1 fully saturated rings. The van der Waals surface area contributed by atoms with Crippen molar-refractivity contribution in [3.8, 4) is 0 Å². The third-order valence-electron chi connectivity index (χ3n) is 5.63. The Hall–Kier alpha value is -3.17. The Morgan fingerprint density at radius 1 is 1.00 bits per heavy atom. The molecule has 0 spiro atoms. The molecule has 2 aromatic rings. The molecule has 30 heavy (non-hydrogen) atoms. The minimum absolute atomic E-state index is 0.101. The Labute approximate surface area is 176 Å². The fourth-order valence-electron chi connectivity index (χ4n) is 4.23. The van der Waals surface area contributed by atoms with Crippen LogP contribution in [0, 0.1) is 0 Å². The molecule has 4 heterocycles. The van der Waals surface area contributed by atoms with Gasteiger partial charge in [-0.25, -0.2) is 9.97 Å². The van der Waals surface area contributed by atoms with Crippen molar-refractivity contribution in [3.05, 3.63) is 57.6 Å². The summed E-state index contributed by atoms with van der Waals surface area (Å²) < 4.78 is 0. The van der Waals surface area contributed by atoms with Crippen molar-refractivity contribution < 1.29 is 19.2 Å². The maximum Gasteiger partial charge on any atom is 0.262 e. The number of hydrogen-bond acceptors (Lipinski definition) is 7. The van der Waals surface area contributed by atoms with Crippen molar-refractivity contribution in [2.75, 3.05) is 0 Å². The van der Waals surface area contributed by atoms with Crippen LogP contribution < -0.4 is 5.32 Å². The predicted octanol–water partition coefficient (Wildman–Crippen LogP) is 1.05. The summed E-state index contributed by atoms with van der Waals surface area (Å²) in [5.74, 6) is -1.98. The van der Waals surface area contributed by atoms with Crippen LogP contribution >= 0.6 is 11.6 Å². The number of fused-ring (bicyclic) bond motifs is 2. The summed E-state index contributed by atoms with van der Waals surface area (Å²) in [4.78, 5) is 60.5. The van der Waals surface area contributed by atoms with E-state index in [1.165, 1.54) is 0 Å². The van der Waals surface area contributed by atoms with Crippen molar-refractivity contribution in [2.24, 2.45) is 0 Å². The number of benzene rings is 1. The minimum atomic E-state index is -0.952. The topological polar surface area (TPSA) is 113 Å². The molecule has 3 aliphatic rings. The minimum Gasteiger partial charge on any atom is -0.295 e. The smallest absolute Gasteiger partial charge is 0.262 e. The predicted molar refractivity (Wildman–Crippen MR) is 103 cm³/mol. The van der Waals surface area contributed by atoms with Gasteiger partial charge in [0.05, 0.1) is 11.1 Å². The molecule has 0 aliphatic carbocycles. The lowest BCUT2D eigenvalue weighted by atomic mass is 10.0. The maximum absolute atomic E-state index is 12.9. The summed E-state index contributed by atoms with van der Waals surface area (Å²) in [6.45, 7) is 1.84. The lowest BCUT2D eigenvalue weighted by molar-refractivity contribution is -0.136. The number of aromatic nitrogens is 2. The van der Waals surface area contributed by atoms with E-state index in [2.05, 4.69) is 20.2 Å². The highest BCUT2D eigenvalue weighted by Crippen LogP contribution is 2.33. The molecule has 1 unspecified atom stereocenters. The molecule has 0 radical (unpaired) electrons. The van der Waals surface area contributed by atoms with Gasteiger partial charge >= 0.3 is 0 Å². The molecule has 4 amide bonds. The number of nitrogens with zero attached hydrogens (tertiary/aromatic N) is 4. The number of amides is 4. The van der Waals surface area contributed by atoms with Crippen LogP contribution in [-0.2, 0) is 29.2 Å². The van der Waals surface area contributed by atoms with Crippen LogP contribution in [0.3, 0.4) is 0 Å². The first-order chi connectivity index (χ1) is 14.4. The monoisotopic (exact) mass is 425 g/mol. The second-order valence-electron chi connectivity index (χ2n) is 7.62. The molecule has 3 aliphatic heterocycles. The summed E-state index contributed by atoms with van der Waals surface area (Å²) in [5.41, 5.74) is 3.46. The van der Waals surface area contributed by atoms with Gasteiger partial charge < -0.3 is 0 Å². The number of carbonyl (C=O) groups is 4. The van der Waals surface area contributed by atoms with Crippen molar-refractivity contribution in [3.63, 3.8) is 0 Å². The van der Waals surface area contributed by atoms with E-state index in [1.54, 1.807) is 24.5 Å². The normalized spacial score (nSPS) is 21.1. The van der Waals surface area contributed by atoms with Gasteiger partial charge in [0.2, 0.25) is 17.1 Å². The summed E-state index contributed by atoms with van der Waals surface area (Å²) in [5, 5.41) is 2.39. The molecule has 10 heteroatoms. The Balaban J connectivity index is 1.37. The van der Waals surface area contributed by atoms with Gasteiger partial charge in [0, 0.05) is 44.0 Å². The lowest BCUT2D eigenvalue weighted by Crippen LogP contribution is -2.54. The summed E-state index contributed by atoms with van der Waals surface area (Å²) in [6, 6.07) is 2.54. The van der Waals surface area contributed by atoms with Crippen LogP contribution in [0.4, 0.5) is 0 Å². The van der Waals surface area contributed by atoms with E-state index in [-0.39, 0.29) is 18.1 Å². The van der Waals surface area contributed by atoms with Crippen LogP contribution in [0.5, 0.6) is 0 Å². The van der Waals surface area contributed by atoms with E-state index in [9.17, 15) is 19.2 Å². The van der Waals surface area contributed by atoms with Gasteiger partial charge in [0.15, 0.2) is 0 Å². The number of hydrogen-bond donors (Lipinski definition) is 1. The Kier molecular flexibility index (Phi) is 4.37. The SMILES string of the molecule is O=C1CCC(N2C(=O)c3cc4c(cc3C2=O)CN(Cc2cnc(Cl)nc2)C4)C(=O)N1. The molecule has 1 saturated heterocycles. The van der Waals surface area contributed by atoms with Gasteiger partial charge in [-0.15, -0.1) is 0 Å². The van der Waals surface area contributed by atoms with E-state index in [1.807, 2.05) is 0 Å². The first-order valence-electron chi connectivity index (χ1n) is 9.47. The van der Waals surface area contributed by atoms with Gasteiger partial charge in [-0.05, 0) is 41.3 Å². The van der Waals surface area contributed by atoms with Crippen LogP contribution in [0.15, 0.2) is 24.5 Å². The van der Waals surface area contributed by atoms with Gasteiger partial charge in [0.25, 0.3) is 11.8 Å². The molecule has 1 atom stereocenters. The second-order valence-corrected chi connectivity index (χ2v) is 7.96. The van der Waals surface area contributed by atoms with Crippen LogP contribution in [0.1, 0.15) is 50.2 Å². The van der Waals surface area contributed by atoms with Crippen molar-refractivity contribution in [1.82, 2.24) is 25.1 Å². The third kappa shape index (κ3) is 3.06. The number of nitrogens with one attached hydrogen (secondary N) is 1. The third-order valence-corrected chi connectivity index (χ3v) is 5.82. The molecule has 152 valence electrons. The molecule has 5 rings (SSSR count). The van der Waals surface area contributed by atoms with Crippen molar-refractivity contribution in [2.45, 2.75) is 38.5 Å². The standard InChI is InChI=1S/C20H16ClN5O4/c21-20-22-5-10(6-23-20)7-25-8-11-3-13-14(4-12(11)9-25)19(30)26(18(13)29)15-1-2-16(27)24-17(15)28/h3-6,15H,1-2,7-9H2,(H,24,27,28). The van der Waals surface area contributed by atoms with E-state index in [0.29, 0.717) is 30.8 Å². The van der Waals surface area contributed by atoms with E-state index in [4.69, 9.17) is 11.6 Å². The Bertz CT molecular complexity index is 1070. The highest BCUT2D eigenvalue weighted by molar-refractivity contribution is 6.28. The summed E-state index contributed by atoms with van der Waals surface area (Å²) in [7, 11) is 0. The Morgan fingerprint density at radius 2 is 1.60 bits per heavy atom. The first kappa shape index (κ1) is 18.8. The highest BCUT2D eigenvalue weighted by atomic mass is 35.5. The van der Waals surface area contributed by atoms with Gasteiger partial charge in [0.1, 0.15) is 6.04 Å². The zero-order valence-corrected chi connectivity index (χ0v) is 16.5. The fourth-order valence-corrected chi connectivity index (χ4v) is 4.33. The van der Waals surface area contributed by atoms with Crippen molar-refractivity contribution >= 4 is 35.2 Å². The first-order valence-corrected chi connectivity index (χ1v) is 9.84. The molecular formula is C20H16ClN5O4. The number of piperidine rings is 1. The maximum atomic E-state index is 12.9. The van der Waals surface area contributed by atoms with E-state index >= 15 is 0 Å². The molecule has 9 nitrogen and oxygen atoms in total. The van der Waals surface area contributed by atoms with Gasteiger partial charge in [-0.3, -0.25) is 34.3 Å². The number of imide groups is 2. The number of rotatable bonds is 3. The lowest BCUT2D eigenvalue weighted by Gasteiger charge is -2.27. The van der Waals surface area contributed by atoms with Gasteiger partial charge in [-0.1, -0.05) is 0 Å². The quantitative estimate of drug-likeness (QED) is 0.577. The van der Waals surface area contributed by atoms with Gasteiger partial charge in [-0.2, -0.15) is 0 Å². The molecular weight excluding hydrogens is 410 g/mol. The number of carbonyl (C=O) groups excluding carboxylic acids is 4. The second kappa shape index (κ2) is 6.96. The zero-order chi connectivity index (χ0) is 21.0. The number of halogens is 1. The fraction of sp³-hybridized carbons (Fsp3) is 0.300. The van der Waals surface area contributed by atoms with E-state index < -0.39 is 29.7 Å². The summed E-state index contributed by atoms with van der Waals surface area (Å²) in [6.07, 6.45) is 3.59. The Morgan fingerprint density at radius 3 is 2.17 bits per heavy atom.